The minimum absolute atomic E-state index is 0. The average molecular weight is 847 g/mol. The number of carbonyl (C=O) groups excluding carboxylic acids is 1. The van der Waals surface area contributed by atoms with Gasteiger partial charge in [0.15, 0.2) is 30.6 Å². The van der Waals surface area contributed by atoms with Gasteiger partial charge in [-0.25, -0.2) is 9.59 Å². The van der Waals surface area contributed by atoms with Crippen molar-refractivity contribution in [3.05, 3.63) is 11.6 Å². The van der Waals surface area contributed by atoms with Crippen LogP contribution in [-0.4, -0.2) is 132 Å². The molecule has 59 heavy (non-hydrogen) atoms. The molecule has 8 N–H and O–H groups in total. The second-order valence-electron chi connectivity index (χ2n) is 20.6. The SMILES string of the molecule is CC1(C)[C@@H](O[C@H]2O[C@H](C(=O)O)[C@@H](O)[C@H](O)[C@H]2O[C@@H]2O[C@H](C(=O)O)[C@@H](O)[C@H](O)[C@H]2O)CC[C@]2(C)[C@H]3C(=O)C=C4[C@@H]5C[C@@](C)(C(=O)O)CC[C@]5(C)CC[C@@]4(C)[C@]3(C)CC[C@@H]12.[H-].[Na+]. The third-order valence-corrected chi connectivity index (χ3v) is 17.2. The van der Waals surface area contributed by atoms with Crippen LogP contribution in [0.5, 0.6) is 0 Å². The van der Waals surface area contributed by atoms with E-state index in [9.17, 15) is 60.0 Å². The maximum Gasteiger partial charge on any atom is 1.00 e. The van der Waals surface area contributed by atoms with E-state index in [0.29, 0.717) is 25.7 Å². The smallest absolute Gasteiger partial charge is 1.00 e. The van der Waals surface area contributed by atoms with Crippen molar-refractivity contribution >= 4 is 23.7 Å². The van der Waals surface area contributed by atoms with Crippen LogP contribution in [0, 0.1) is 50.2 Å². The van der Waals surface area contributed by atoms with E-state index in [1.54, 1.807) is 0 Å². The Bertz CT molecular complexity index is 1750. The molecule has 328 valence electrons. The molecule has 2 aliphatic heterocycles. The van der Waals surface area contributed by atoms with Crippen LogP contribution in [0.15, 0.2) is 11.6 Å². The van der Waals surface area contributed by atoms with Crippen LogP contribution in [0.25, 0.3) is 0 Å². The number of ether oxygens (including phenoxy) is 4. The fraction of sp³-hybridized carbons (Fsp3) is 0.857. The first-order valence-electron chi connectivity index (χ1n) is 20.7. The van der Waals surface area contributed by atoms with Crippen molar-refractivity contribution in [1.29, 1.82) is 0 Å². The zero-order valence-electron chi connectivity index (χ0n) is 36.4. The van der Waals surface area contributed by atoms with Gasteiger partial charge >= 0.3 is 47.5 Å². The number of fused-ring (bicyclic) bond motifs is 7. The largest absolute Gasteiger partial charge is 1.00 e. The quantitative estimate of drug-likeness (QED) is 0.117. The van der Waals surface area contributed by atoms with E-state index in [4.69, 9.17) is 18.9 Å². The van der Waals surface area contributed by atoms with E-state index in [1.165, 1.54) is 0 Å². The number of rotatable bonds is 7. The van der Waals surface area contributed by atoms with Crippen molar-refractivity contribution in [1.82, 2.24) is 0 Å². The van der Waals surface area contributed by atoms with Gasteiger partial charge in [0, 0.05) is 5.92 Å². The van der Waals surface area contributed by atoms with Crippen LogP contribution in [0.2, 0.25) is 0 Å². The first kappa shape index (κ1) is 47.0. The van der Waals surface area contributed by atoms with Gasteiger partial charge in [-0.1, -0.05) is 47.1 Å². The molecule has 0 aromatic rings. The molecule has 2 heterocycles. The molecule has 7 aliphatic rings. The zero-order chi connectivity index (χ0) is 42.9. The topological polar surface area (TPSA) is 267 Å². The number of hydrogen-bond acceptors (Lipinski definition) is 13. The Morgan fingerprint density at radius 2 is 1.29 bits per heavy atom. The van der Waals surface area contributed by atoms with Crippen molar-refractivity contribution in [2.45, 2.75) is 174 Å². The van der Waals surface area contributed by atoms with E-state index in [-0.39, 0.29) is 65.4 Å². The molecule has 0 aromatic carbocycles. The molecule has 0 amide bonds. The molecule has 4 saturated carbocycles. The molecule has 2 saturated heterocycles. The second-order valence-corrected chi connectivity index (χ2v) is 20.6. The zero-order valence-corrected chi connectivity index (χ0v) is 37.4. The molecular formula is C42H63NaO16. The summed E-state index contributed by atoms with van der Waals surface area (Å²) in [5.41, 5.74) is -1.81. The van der Waals surface area contributed by atoms with Crippen LogP contribution < -0.4 is 29.6 Å². The van der Waals surface area contributed by atoms with Crippen LogP contribution >= 0.6 is 0 Å². The van der Waals surface area contributed by atoms with Crippen molar-refractivity contribution in [2.75, 3.05) is 0 Å². The summed E-state index contributed by atoms with van der Waals surface area (Å²) in [6, 6.07) is 0. The first-order valence-corrected chi connectivity index (χ1v) is 20.7. The molecule has 0 radical (unpaired) electrons. The van der Waals surface area contributed by atoms with Crippen LogP contribution in [0.3, 0.4) is 0 Å². The minimum atomic E-state index is -2.05. The van der Waals surface area contributed by atoms with E-state index < -0.39 is 107 Å². The maximum absolute atomic E-state index is 14.8. The number of allylic oxidation sites excluding steroid dienone is 2. The average Bonchev–Trinajstić information content (AvgIpc) is 3.13. The third kappa shape index (κ3) is 7.02. The molecular weight excluding hydrogens is 783 g/mol. The van der Waals surface area contributed by atoms with Gasteiger partial charge in [0.1, 0.15) is 36.6 Å². The summed E-state index contributed by atoms with van der Waals surface area (Å²) in [7, 11) is 0. The standard InChI is InChI=1S/C42H62O16.Na.H/c1-37(2)21-8-11-42(7)31(20(43)16-18-19-17-39(4,36(53)54)13-12-38(19,3)14-15-41(18,42)6)40(21,5)10-9-22(37)55-35-30(26(47)25(46)29(57-35)33(51)52)58-34-27(48)23(44)24(45)28(56-34)32(49)50;;/h16,19,21-31,34-35,44-48H,8-15,17H2,1-7H3,(H,49,50)(H,51,52)(H,53,54);;/q;+1;-1/t19-,21-,22-,23-,24-,25-,26-,27+,28-,29-,30+,31+,34-,35-,38+,39-,40-,41+,42+;;/m0../s1. The van der Waals surface area contributed by atoms with Crippen molar-refractivity contribution in [3.63, 3.8) is 0 Å². The number of carboxylic acids is 3. The Hall–Kier alpha value is -1.54. The molecule has 6 fully saturated rings. The first-order chi connectivity index (χ1) is 26.8. The molecule has 0 aromatic heterocycles. The van der Waals surface area contributed by atoms with Crippen LogP contribution in [0.4, 0.5) is 0 Å². The van der Waals surface area contributed by atoms with Gasteiger partial charge in [0.25, 0.3) is 0 Å². The van der Waals surface area contributed by atoms with E-state index >= 15 is 0 Å². The van der Waals surface area contributed by atoms with Crippen molar-refractivity contribution in [3.8, 4) is 0 Å². The summed E-state index contributed by atoms with van der Waals surface area (Å²) >= 11 is 0. The Balaban J connectivity index is 0.00000341. The number of hydrogen-bond donors (Lipinski definition) is 8. The van der Waals surface area contributed by atoms with E-state index in [2.05, 4.69) is 27.7 Å². The Morgan fingerprint density at radius 3 is 1.88 bits per heavy atom. The van der Waals surface area contributed by atoms with Gasteiger partial charge in [-0.2, -0.15) is 0 Å². The summed E-state index contributed by atoms with van der Waals surface area (Å²) in [5.74, 6) is -4.47. The maximum atomic E-state index is 14.8. The van der Waals surface area contributed by atoms with Gasteiger partial charge in [-0.15, -0.1) is 0 Å². The number of carboxylic acid groups (broad SMARTS) is 3. The molecule has 0 unspecified atom stereocenters. The Morgan fingerprint density at radius 1 is 0.712 bits per heavy atom. The number of aliphatic hydroxyl groups excluding tert-OH is 5. The number of aliphatic hydroxyl groups is 5. The molecule has 0 spiro atoms. The predicted molar refractivity (Wildman–Crippen MR) is 201 cm³/mol. The fourth-order valence-corrected chi connectivity index (χ4v) is 13.4. The molecule has 17 heteroatoms. The Labute approximate surface area is 367 Å². The number of ketones is 1. The summed E-state index contributed by atoms with van der Waals surface area (Å²) in [6.45, 7) is 14.8. The van der Waals surface area contributed by atoms with Gasteiger partial charge in [0.05, 0.1) is 11.5 Å². The minimum Gasteiger partial charge on any atom is -1.00 e. The van der Waals surface area contributed by atoms with Gasteiger partial charge in [-0.3, -0.25) is 9.59 Å². The second kappa shape index (κ2) is 15.6. The van der Waals surface area contributed by atoms with Gasteiger partial charge in [0.2, 0.25) is 0 Å². The summed E-state index contributed by atoms with van der Waals surface area (Å²) in [6.07, 6.45) is -12.2. The van der Waals surface area contributed by atoms with Crippen LogP contribution in [-0.2, 0) is 38.1 Å². The fourth-order valence-electron chi connectivity index (χ4n) is 13.4. The molecule has 7 rings (SSSR count). The van der Waals surface area contributed by atoms with Crippen LogP contribution in [0.1, 0.15) is 108 Å². The van der Waals surface area contributed by atoms with E-state index in [0.717, 1.165) is 37.7 Å². The normalized spacial score (nSPS) is 51.7. The summed E-state index contributed by atoms with van der Waals surface area (Å²) in [4.78, 5) is 51.3. The number of carbonyl (C=O) groups is 4. The van der Waals surface area contributed by atoms with Gasteiger partial charge < -0.3 is 61.2 Å². The molecule has 0 bridgehead atoms. The summed E-state index contributed by atoms with van der Waals surface area (Å²) < 4.78 is 23.4. The van der Waals surface area contributed by atoms with E-state index in [1.807, 2.05) is 26.8 Å². The number of aliphatic carboxylic acids is 3. The molecule has 19 atom stereocenters. The molecule has 16 nitrogen and oxygen atoms in total. The predicted octanol–water partition coefficient (Wildman–Crippen LogP) is -0.638. The van der Waals surface area contributed by atoms with Crippen molar-refractivity contribution in [2.24, 2.45) is 50.2 Å². The van der Waals surface area contributed by atoms with Crippen molar-refractivity contribution < 1.29 is 110 Å². The monoisotopic (exact) mass is 846 g/mol. The summed E-state index contributed by atoms with van der Waals surface area (Å²) in [5, 5.41) is 83.0. The van der Waals surface area contributed by atoms with Gasteiger partial charge in [-0.05, 0) is 110 Å². The Kier molecular flexibility index (Phi) is 12.4. The molecule has 5 aliphatic carbocycles. The third-order valence-electron chi connectivity index (χ3n) is 17.2.